The summed E-state index contributed by atoms with van der Waals surface area (Å²) in [6, 6.07) is 16.3. The van der Waals surface area contributed by atoms with Crippen LogP contribution in [-0.2, 0) is 23.3 Å². The molecular formula is C23H20FN3O3. The fourth-order valence-electron chi connectivity index (χ4n) is 3.68. The Morgan fingerprint density at radius 3 is 2.17 bits per heavy atom. The van der Waals surface area contributed by atoms with Crippen LogP contribution >= 0.6 is 0 Å². The van der Waals surface area contributed by atoms with Gasteiger partial charge in [-0.2, -0.15) is 0 Å². The molecule has 4 rings (SSSR count). The van der Waals surface area contributed by atoms with Gasteiger partial charge in [0.25, 0.3) is 11.5 Å². The minimum atomic E-state index is -1.39. The zero-order valence-electron chi connectivity index (χ0n) is 16.3. The van der Waals surface area contributed by atoms with Crippen LogP contribution in [0, 0.1) is 12.7 Å². The maximum absolute atomic E-state index is 13.1. The van der Waals surface area contributed by atoms with E-state index in [-0.39, 0.29) is 17.9 Å². The highest BCUT2D eigenvalue weighted by atomic mass is 19.1. The molecule has 1 atom stereocenters. The summed E-state index contributed by atoms with van der Waals surface area (Å²) in [5.74, 6) is -0.794. The second-order valence-corrected chi connectivity index (χ2v) is 7.44. The summed E-state index contributed by atoms with van der Waals surface area (Å²) in [5, 5.41) is 4.98. The van der Waals surface area contributed by atoms with Crippen LogP contribution in [0.5, 0.6) is 0 Å². The van der Waals surface area contributed by atoms with Crippen molar-refractivity contribution in [2.75, 3.05) is 0 Å². The molecule has 1 aliphatic rings. The molecule has 0 aliphatic carbocycles. The summed E-state index contributed by atoms with van der Waals surface area (Å²) >= 11 is 0. The Hall–Kier alpha value is -3.74. The summed E-state index contributed by atoms with van der Waals surface area (Å²) in [6.45, 7) is 1.67. The van der Waals surface area contributed by atoms with Crippen LogP contribution in [0.15, 0.2) is 71.7 Å². The van der Waals surface area contributed by atoms with Crippen molar-refractivity contribution in [3.8, 4) is 0 Å². The van der Waals surface area contributed by atoms with Gasteiger partial charge in [0.05, 0.1) is 6.54 Å². The van der Waals surface area contributed by atoms with E-state index in [2.05, 4.69) is 10.6 Å². The number of pyridine rings is 1. The Labute approximate surface area is 172 Å². The lowest BCUT2D eigenvalue weighted by molar-refractivity contribution is -0.124. The maximum Gasteiger partial charge on any atom is 0.322 e. The molecule has 1 aromatic heterocycles. The molecule has 1 unspecified atom stereocenters. The van der Waals surface area contributed by atoms with Gasteiger partial charge in [0.15, 0.2) is 5.54 Å². The van der Waals surface area contributed by atoms with Crippen LogP contribution in [-0.4, -0.2) is 16.5 Å². The number of urea groups is 1. The number of nitrogens with zero attached hydrogens (tertiary/aromatic N) is 1. The van der Waals surface area contributed by atoms with E-state index in [0.29, 0.717) is 17.5 Å². The van der Waals surface area contributed by atoms with Gasteiger partial charge in [-0.15, -0.1) is 0 Å². The second-order valence-electron chi connectivity index (χ2n) is 7.44. The number of nitrogens with one attached hydrogen (secondary N) is 2. The van der Waals surface area contributed by atoms with Crippen molar-refractivity contribution in [3.05, 3.63) is 105 Å². The average Bonchev–Trinajstić information content (AvgIpc) is 3.01. The minimum absolute atomic E-state index is 0.0254. The summed E-state index contributed by atoms with van der Waals surface area (Å²) in [7, 11) is 0. The van der Waals surface area contributed by atoms with Crippen molar-refractivity contribution in [2.45, 2.75) is 25.4 Å². The first kappa shape index (κ1) is 19.6. The SMILES string of the molecule is Cc1cccn(CC2(c3ccc(Cc4ccc(F)cc4)cc3)NC(=O)NC2=O)c1=O. The number of hydrogen-bond acceptors (Lipinski definition) is 3. The van der Waals surface area contributed by atoms with E-state index >= 15 is 0 Å². The Morgan fingerprint density at radius 2 is 1.57 bits per heavy atom. The van der Waals surface area contributed by atoms with Crippen LogP contribution < -0.4 is 16.2 Å². The summed E-state index contributed by atoms with van der Waals surface area (Å²) in [5.41, 5.74) is 1.44. The van der Waals surface area contributed by atoms with Gasteiger partial charge in [-0.3, -0.25) is 14.9 Å². The van der Waals surface area contributed by atoms with E-state index in [1.807, 2.05) is 12.1 Å². The lowest BCUT2D eigenvalue weighted by Gasteiger charge is -2.27. The van der Waals surface area contributed by atoms with Crippen molar-refractivity contribution in [1.29, 1.82) is 0 Å². The van der Waals surface area contributed by atoms with E-state index in [9.17, 15) is 18.8 Å². The smallest absolute Gasteiger partial charge is 0.318 e. The first-order valence-corrected chi connectivity index (χ1v) is 9.51. The van der Waals surface area contributed by atoms with Crippen LogP contribution in [0.1, 0.15) is 22.3 Å². The number of benzene rings is 2. The molecule has 2 N–H and O–H groups in total. The number of amides is 3. The van der Waals surface area contributed by atoms with E-state index in [1.54, 1.807) is 49.5 Å². The Morgan fingerprint density at radius 1 is 0.933 bits per heavy atom. The highest BCUT2D eigenvalue weighted by Crippen LogP contribution is 2.27. The van der Waals surface area contributed by atoms with E-state index in [0.717, 1.165) is 11.1 Å². The molecule has 0 saturated carbocycles. The molecule has 1 aliphatic heterocycles. The van der Waals surface area contributed by atoms with Crippen LogP contribution in [0.4, 0.5) is 9.18 Å². The third-order valence-electron chi connectivity index (χ3n) is 5.33. The van der Waals surface area contributed by atoms with Gasteiger partial charge in [-0.25, -0.2) is 9.18 Å². The molecule has 1 saturated heterocycles. The molecule has 6 nitrogen and oxygen atoms in total. The van der Waals surface area contributed by atoms with Gasteiger partial charge in [-0.1, -0.05) is 42.5 Å². The summed E-state index contributed by atoms with van der Waals surface area (Å²) in [4.78, 5) is 37.2. The molecule has 1 fully saturated rings. The molecule has 2 heterocycles. The van der Waals surface area contributed by atoms with Gasteiger partial charge >= 0.3 is 6.03 Å². The Balaban J connectivity index is 1.67. The van der Waals surface area contributed by atoms with Crippen molar-refractivity contribution in [1.82, 2.24) is 15.2 Å². The van der Waals surface area contributed by atoms with E-state index < -0.39 is 17.5 Å². The normalized spacial score (nSPS) is 18.2. The third kappa shape index (κ3) is 3.61. The standard InChI is InChI=1S/C23H20FN3O3/c1-15-3-2-12-27(20(15)28)14-23(21(29)25-22(30)26-23)18-8-4-16(5-9-18)13-17-6-10-19(24)11-7-17/h2-12H,13-14H2,1H3,(H2,25,26,29,30). The van der Waals surface area contributed by atoms with Gasteiger partial charge in [0.2, 0.25) is 0 Å². The van der Waals surface area contributed by atoms with Crippen molar-refractivity contribution in [2.24, 2.45) is 0 Å². The molecule has 0 radical (unpaired) electrons. The zero-order valence-corrected chi connectivity index (χ0v) is 16.3. The molecule has 30 heavy (non-hydrogen) atoms. The molecule has 2 aromatic carbocycles. The number of halogens is 1. The quantitative estimate of drug-likeness (QED) is 0.641. The molecule has 7 heteroatoms. The fourth-order valence-corrected chi connectivity index (χ4v) is 3.68. The number of aromatic nitrogens is 1. The monoisotopic (exact) mass is 405 g/mol. The van der Waals surface area contributed by atoms with Crippen LogP contribution in [0.3, 0.4) is 0 Å². The maximum atomic E-state index is 13.1. The van der Waals surface area contributed by atoms with Gasteiger partial charge in [-0.05, 0) is 48.2 Å². The number of rotatable bonds is 5. The van der Waals surface area contributed by atoms with E-state index in [4.69, 9.17) is 0 Å². The lowest BCUT2D eigenvalue weighted by atomic mass is 9.88. The van der Waals surface area contributed by atoms with Crippen molar-refractivity contribution >= 4 is 11.9 Å². The van der Waals surface area contributed by atoms with E-state index in [1.165, 1.54) is 16.7 Å². The van der Waals surface area contributed by atoms with Gasteiger partial charge < -0.3 is 9.88 Å². The summed E-state index contributed by atoms with van der Waals surface area (Å²) < 4.78 is 14.5. The van der Waals surface area contributed by atoms with Gasteiger partial charge in [0.1, 0.15) is 5.82 Å². The molecule has 0 bridgehead atoms. The fraction of sp³-hybridized carbons (Fsp3) is 0.174. The van der Waals surface area contributed by atoms with Crippen molar-refractivity contribution in [3.63, 3.8) is 0 Å². The zero-order chi connectivity index (χ0) is 21.3. The average molecular weight is 405 g/mol. The Bertz CT molecular complexity index is 1170. The molecule has 152 valence electrons. The largest absolute Gasteiger partial charge is 0.322 e. The number of aryl methyl sites for hydroxylation is 1. The number of carbonyl (C=O) groups is 2. The molecule has 3 aromatic rings. The first-order chi connectivity index (χ1) is 14.4. The number of carbonyl (C=O) groups excluding carboxylic acids is 2. The van der Waals surface area contributed by atoms with Gasteiger partial charge in [0, 0.05) is 11.8 Å². The van der Waals surface area contributed by atoms with Crippen LogP contribution in [0.2, 0.25) is 0 Å². The Kier molecular flexibility index (Phi) is 4.95. The first-order valence-electron chi connectivity index (χ1n) is 9.51. The molecule has 3 amide bonds. The minimum Gasteiger partial charge on any atom is -0.318 e. The summed E-state index contributed by atoms with van der Waals surface area (Å²) in [6.07, 6.45) is 2.20. The highest BCUT2D eigenvalue weighted by Gasteiger charge is 2.48. The number of imide groups is 1. The predicted molar refractivity (Wildman–Crippen MR) is 109 cm³/mol. The molecular weight excluding hydrogens is 385 g/mol. The topological polar surface area (TPSA) is 80.2 Å². The highest BCUT2D eigenvalue weighted by molar-refractivity contribution is 6.07. The second kappa shape index (κ2) is 7.59. The van der Waals surface area contributed by atoms with Crippen LogP contribution in [0.25, 0.3) is 0 Å². The third-order valence-corrected chi connectivity index (χ3v) is 5.33. The molecule has 0 spiro atoms. The lowest BCUT2D eigenvalue weighted by Crippen LogP contribution is -2.49. The number of hydrogen-bond donors (Lipinski definition) is 2. The van der Waals surface area contributed by atoms with Crippen molar-refractivity contribution < 1.29 is 14.0 Å². The predicted octanol–water partition coefficient (Wildman–Crippen LogP) is 2.62.